The predicted molar refractivity (Wildman–Crippen MR) is 97.5 cm³/mol. The molecule has 0 aliphatic carbocycles. The predicted octanol–water partition coefficient (Wildman–Crippen LogP) is 1.85. The number of aromatic nitrogens is 1. The van der Waals surface area contributed by atoms with E-state index in [4.69, 9.17) is 9.26 Å². The number of rotatable bonds is 6. The molecular weight excluding hydrogens is 350 g/mol. The molecule has 1 aromatic carbocycles. The summed E-state index contributed by atoms with van der Waals surface area (Å²) in [5, 5.41) is 9.26. The second kappa shape index (κ2) is 7.48. The minimum atomic E-state index is -0.339. The molecule has 1 aromatic heterocycles. The van der Waals surface area contributed by atoms with Gasteiger partial charge in [-0.1, -0.05) is 5.16 Å². The molecule has 140 valence electrons. The van der Waals surface area contributed by atoms with Crippen LogP contribution in [-0.4, -0.2) is 54.7 Å². The number of hydrogen-bond donors (Lipinski definition) is 0. The lowest BCUT2D eigenvalue weighted by molar-refractivity contribution is -0.118. The van der Waals surface area contributed by atoms with Crippen molar-refractivity contribution >= 4 is 30.2 Å². The van der Waals surface area contributed by atoms with Crippen molar-refractivity contribution in [2.24, 2.45) is 5.10 Å². The lowest BCUT2D eigenvalue weighted by Gasteiger charge is -2.26. The van der Waals surface area contributed by atoms with Crippen molar-refractivity contribution in [2.45, 2.75) is 18.9 Å². The number of nitrogens with zero attached hydrogens (tertiary/aromatic N) is 5. The Balaban J connectivity index is 1.37. The average molecular weight is 369 g/mol. The third kappa shape index (κ3) is 3.76. The second-order valence-corrected chi connectivity index (χ2v) is 6.36. The Morgan fingerprint density at radius 1 is 1.15 bits per heavy atom. The summed E-state index contributed by atoms with van der Waals surface area (Å²) in [7, 11) is 0. The van der Waals surface area contributed by atoms with Crippen molar-refractivity contribution < 1.29 is 18.8 Å². The molecule has 2 aromatic rings. The molecule has 2 amide bonds. The molecule has 9 nitrogen and oxygen atoms in total. The molecule has 2 aliphatic rings. The number of benzene rings is 1. The van der Waals surface area contributed by atoms with E-state index in [2.05, 4.69) is 10.3 Å². The van der Waals surface area contributed by atoms with Gasteiger partial charge in [-0.05, 0) is 37.1 Å². The molecule has 3 heterocycles. The van der Waals surface area contributed by atoms with Gasteiger partial charge in [-0.3, -0.25) is 9.69 Å². The zero-order valence-electron chi connectivity index (χ0n) is 14.6. The highest BCUT2D eigenvalue weighted by atomic mass is 16.6. The quantitative estimate of drug-likeness (QED) is 0.722. The topological polar surface area (TPSA) is 91.5 Å². The molecular formula is C18H19N5O4. The number of anilines is 2. The smallest absolute Gasteiger partial charge is 0.414 e. The first-order valence-electron chi connectivity index (χ1n) is 8.73. The number of ether oxygens (including phenoxy) is 1. The molecule has 1 saturated heterocycles. The van der Waals surface area contributed by atoms with Crippen LogP contribution in [0.25, 0.3) is 0 Å². The Bertz CT molecular complexity index is 821. The number of cyclic esters (lactones) is 1. The first kappa shape index (κ1) is 17.1. The van der Waals surface area contributed by atoms with Gasteiger partial charge in [-0.25, -0.2) is 9.80 Å². The van der Waals surface area contributed by atoms with Gasteiger partial charge in [0.05, 0.1) is 18.8 Å². The molecule has 1 fully saturated rings. The van der Waals surface area contributed by atoms with Crippen LogP contribution in [0.3, 0.4) is 0 Å². The van der Waals surface area contributed by atoms with E-state index < -0.39 is 0 Å². The Kier molecular flexibility index (Phi) is 4.73. The summed E-state index contributed by atoms with van der Waals surface area (Å²) in [5.41, 5.74) is 2.59. The van der Waals surface area contributed by atoms with Crippen molar-refractivity contribution in [1.29, 1.82) is 0 Å². The highest BCUT2D eigenvalue weighted by Crippen LogP contribution is 2.26. The van der Waals surface area contributed by atoms with Crippen LogP contribution in [-0.2, 0) is 16.0 Å². The van der Waals surface area contributed by atoms with E-state index in [1.54, 1.807) is 11.2 Å². The summed E-state index contributed by atoms with van der Waals surface area (Å²) < 4.78 is 10.3. The van der Waals surface area contributed by atoms with Gasteiger partial charge in [-0.15, -0.1) is 0 Å². The van der Waals surface area contributed by atoms with Crippen molar-refractivity contribution in [3.05, 3.63) is 42.3 Å². The van der Waals surface area contributed by atoms with E-state index in [9.17, 15) is 9.59 Å². The van der Waals surface area contributed by atoms with Crippen molar-refractivity contribution in [3.63, 3.8) is 0 Å². The average Bonchev–Trinajstić information content (AvgIpc) is 3.36. The third-order valence-corrected chi connectivity index (χ3v) is 4.61. The van der Waals surface area contributed by atoms with Gasteiger partial charge >= 0.3 is 6.09 Å². The number of amides is 2. The van der Waals surface area contributed by atoms with Gasteiger partial charge in [0.15, 0.2) is 0 Å². The largest absolute Gasteiger partial charge is 0.444 e. The minimum Gasteiger partial charge on any atom is -0.444 e. The van der Waals surface area contributed by atoms with Crippen LogP contribution in [0.2, 0.25) is 0 Å². The van der Waals surface area contributed by atoms with Crippen LogP contribution in [0, 0.1) is 0 Å². The Morgan fingerprint density at radius 3 is 2.63 bits per heavy atom. The van der Waals surface area contributed by atoms with Gasteiger partial charge in [0, 0.05) is 24.0 Å². The van der Waals surface area contributed by atoms with Crippen LogP contribution >= 0.6 is 0 Å². The maximum absolute atomic E-state index is 12.2. The Morgan fingerprint density at radius 2 is 1.96 bits per heavy atom. The maximum atomic E-state index is 12.2. The number of carbonyl (C=O) groups excluding carboxylic acids is 2. The van der Waals surface area contributed by atoms with Gasteiger partial charge in [0.25, 0.3) is 0 Å². The van der Waals surface area contributed by atoms with Gasteiger partial charge in [-0.2, -0.15) is 5.10 Å². The van der Waals surface area contributed by atoms with Crippen LogP contribution in [0.15, 0.2) is 46.2 Å². The third-order valence-electron chi connectivity index (χ3n) is 4.61. The number of aryl methyl sites for hydroxylation is 1. The van der Waals surface area contributed by atoms with Crippen molar-refractivity contribution in [1.82, 2.24) is 10.2 Å². The molecule has 0 bridgehead atoms. The van der Waals surface area contributed by atoms with E-state index in [1.807, 2.05) is 35.2 Å². The molecule has 1 atom stereocenters. The molecule has 27 heavy (non-hydrogen) atoms. The summed E-state index contributed by atoms with van der Waals surface area (Å²) in [4.78, 5) is 26.5. The van der Waals surface area contributed by atoms with E-state index in [0.717, 1.165) is 17.1 Å². The fourth-order valence-corrected chi connectivity index (χ4v) is 3.11. The monoisotopic (exact) mass is 369 g/mol. The summed E-state index contributed by atoms with van der Waals surface area (Å²) >= 11 is 0. The fraction of sp³-hybridized carbons (Fsp3) is 0.333. The Hall–Kier alpha value is -3.36. The molecule has 4 rings (SSSR count). The second-order valence-electron chi connectivity index (χ2n) is 6.36. The van der Waals surface area contributed by atoms with E-state index >= 15 is 0 Å². The van der Waals surface area contributed by atoms with Crippen LogP contribution in [0.1, 0.15) is 12.1 Å². The van der Waals surface area contributed by atoms with Crippen LogP contribution < -0.4 is 9.80 Å². The molecule has 0 unspecified atom stereocenters. The van der Waals surface area contributed by atoms with E-state index in [-0.39, 0.29) is 12.2 Å². The summed E-state index contributed by atoms with van der Waals surface area (Å²) in [6.45, 7) is 1.71. The fourth-order valence-electron chi connectivity index (χ4n) is 3.11. The maximum Gasteiger partial charge on any atom is 0.414 e. The summed E-state index contributed by atoms with van der Waals surface area (Å²) in [6.07, 6.45) is 4.75. The Labute approximate surface area is 155 Å². The van der Waals surface area contributed by atoms with E-state index in [1.165, 1.54) is 11.3 Å². The van der Waals surface area contributed by atoms with Crippen molar-refractivity contribution in [3.8, 4) is 0 Å². The lowest BCUT2D eigenvalue weighted by Crippen LogP contribution is -2.37. The van der Waals surface area contributed by atoms with Crippen molar-refractivity contribution in [2.75, 3.05) is 29.4 Å². The molecule has 0 saturated carbocycles. The van der Waals surface area contributed by atoms with Crippen LogP contribution in [0.5, 0.6) is 0 Å². The SMILES string of the molecule is O=CN1CCN(c2ccc(N3C[C@H](CCc4ccon4)OC3=O)cc2)C=N1. The number of carbonyl (C=O) groups is 2. The van der Waals surface area contributed by atoms with Gasteiger partial charge in [0.1, 0.15) is 18.7 Å². The highest BCUT2D eigenvalue weighted by molar-refractivity contribution is 5.90. The van der Waals surface area contributed by atoms with Gasteiger partial charge < -0.3 is 14.2 Å². The number of hydrogen-bond acceptors (Lipinski definition) is 7. The standard InChI is InChI=1S/C18H19N5O4/c24-13-22-9-8-21(12-19-22)15-2-4-16(5-3-15)23-11-17(27-18(23)25)6-1-14-7-10-26-20-14/h2-5,7,10,12-13,17H,1,6,8-9,11H2/t17-/m0/s1. The minimum absolute atomic E-state index is 0.169. The zero-order chi connectivity index (χ0) is 18.6. The van der Waals surface area contributed by atoms with Crippen LogP contribution in [0.4, 0.5) is 16.2 Å². The molecule has 0 N–H and O–H groups in total. The summed E-state index contributed by atoms with van der Waals surface area (Å²) in [5.74, 6) is 0. The first-order valence-corrected chi connectivity index (χ1v) is 8.73. The zero-order valence-corrected chi connectivity index (χ0v) is 14.6. The lowest BCUT2D eigenvalue weighted by atomic mass is 10.1. The van der Waals surface area contributed by atoms with E-state index in [0.29, 0.717) is 38.9 Å². The highest BCUT2D eigenvalue weighted by Gasteiger charge is 2.32. The molecule has 0 radical (unpaired) electrons. The number of hydrazone groups is 1. The summed E-state index contributed by atoms with van der Waals surface area (Å²) in [6, 6.07) is 9.43. The normalized spacial score (nSPS) is 19.5. The molecule has 9 heteroatoms. The first-order chi connectivity index (χ1) is 13.2. The molecule has 2 aliphatic heterocycles. The van der Waals surface area contributed by atoms with Gasteiger partial charge in [0.2, 0.25) is 6.41 Å². The molecule has 0 spiro atoms.